The number of carboxylic acid groups (broad SMARTS) is 1. The standard InChI is InChI=1S/C13H14ClN5O3/c1-2-10(13(21)22)15-11(20)7-19-17-12(16-18-19)8-3-5-9(14)6-4-8/h3-6,10H,2,7H2,1H3,(H,15,20)(H,21,22). The fourth-order valence-electron chi connectivity index (χ4n) is 1.73. The number of aromatic nitrogens is 4. The summed E-state index contributed by atoms with van der Waals surface area (Å²) in [5.41, 5.74) is 0.716. The lowest BCUT2D eigenvalue weighted by Crippen LogP contribution is -2.42. The molecule has 2 N–H and O–H groups in total. The van der Waals surface area contributed by atoms with Gasteiger partial charge in [0.25, 0.3) is 0 Å². The summed E-state index contributed by atoms with van der Waals surface area (Å²) in [6.07, 6.45) is 0.294. The Hall–Kier alpha value is -2.48. The number of rotatable bonds is 6. The summed E-state index contributed by atoms with van der Waals surface area (Å²) in [5, 5.41) is 23.6. The van der Waals surface area contributed by atoms with Gasteiger partial charge in [0.15, 0.2) is 0 Å². The number of amides is 1. The Morgan fingerprint density at radius 3 is 2.64 bits per heavy atom. The summed E-state index contributed by atoms with van der Waals surface area (Å²) in [5.74, 6) is -1.21. The minimum absolute atomic E-state index is 0.204. The van der Waals surface area contributed by atoms with Crippen LogP contribution >= 0.6 is 11.6 Å². The summed E-state index contributed by atoms with van der Waals surface area (Å²) in [7, 11) is 0. The van der Waals surface area contributed by atoms with Gasteiger partial charge in [-0.15, -0.1) is 10.2 Å². The summed E-state index contributed by atoms with van der Waals surface area (Å²) in [4.78, 5) is 23.7. The van der Waals surface area contributed by atoms with Crippen LogP contribution in [0, 0.1) is 0 Å². The Morgan fingerprint density at radius 2 is 2.05 bits per heavy atom. The van der Waals surface area contributed by atoms with E-state index < -0.39 is 17.9 Å². The molecule has 0 saturated heterocycles. The average molecular weight is 324 g/mol. The van der Waals surface area contributed by atoms with E-state index in [1.165, 1.54) is 0 Å². The van der Waals surface area contributed by atoms with Gasteiger partial charge >= 0.3 is 5.97 Å². The molecule has 9 heteroatoms. The molecule has 1 amide bonds. The number of carbonyl (C=O) groups is 2. The highest BCUT2D eigenvalue weighted by Crippen LogP contribution is 2.16. The largest absolute Gasteiger partial charge is 0.480 e. The molecule has 8 nitrogen and oxygen atoms in total. The third kappa shape index (κ3) is 4.01. The molecule has 1 aromatic carbocycles. The second kappa shape index (κ2) is 6.99. The van der Waals surface area contributed by atoms with Gasteiger partial charge in [0, 0.05) is 10.6 Å². The zero-order valence-electron chi connectivity index (χ0n) is 11.7. The first-order chi connectivity index (χ1) is 10.5. The Bertz CT molecular complexity index is 671. The maximum absolute atomic E-state index is 11.8. The number of tetrazole rings is 1. The molecule has 0 fully saturated rings. The summed E-state index contributed by atoms with van der Waals surface area (Å²) in [6, 6.07) is 5.95. The van der Waals surface area contributed by atoms with Crippen LogP contribution in [0.3, 0.4) is 0 Å². The minimum atomic E-state index is -1.08. The quantitative estimate of drug-likeness (QED) is 0.819. The maximum Gasteiger partial charge on any atom is 0.326 e. The van der Waals surface area contributed by atoms with Crippen molar-refractivity contribution >= 4 is 23.5 Å². The minimum Gasteiger partial charge on any atom is -0.480 e. The number of aliphatic carboxylic acids is 1. The van der Waals surface area contributed by atoms with Gasteiger partial charge in [-0.05, 0) is 35.9 Å². The average Bonchev–Trinajstić information content (AvgIpc) is 2.93. The van der Waals surface area contributed by atoms with Gasteiger partial charge in [-0.2, -0.15) is 4.80 Å². The molecule has 1 atom stereocenters. The van der Waals surface area contributed by atoms with Crippen molar-refractivity contribution in [3.8, 4) is 11.4 Å². The lowest BCUT2D eigenvalue weighted by molar-refractivity contribution is -0.142. The first-order valence-corrected chi connectivity index (χ1v) is 6.93. The van der Waals surface area contributed by atoms with Gasteiger partial charge in [-0.25, -0.2) is 4.79 Å². The van der Waals surface area contributed by atoms with Crippen LogP contribution < -0.4 is 5.32 Å². The molecular weight excluding hydrogens is 310 g/mol. The molecule has 2 rings (SSSR count). The number of carbonyl (C=O) groups excluding carboxylic acids is 1. The Labute approximate surface area is 131 Å². The van der Waals surface area contributed by atoms with E-state index in [0.717, 1.165) is 4.80 Å². The third-order valence-electron chi connectivity index (χ3n) is 2.88. The van der Waals surface area contributed by atoms with Crippen LogP contribution in [0.5, 0.6) is 0 Å². The Balaban J connectivity index is 2.01. The fraction of sp³-hybridized carbons (Fsp3) is 0.308. The van der Waals surface area contributed by atoms with Gasteiger partial charge in [0.05, 0.1) is 0 Å². The lowest BCUT2D eigenvalue weighted by atomic mass is 10.2. The van der Waals surface area contributed by atoms with E-state index in [0.29, 0.717) is 22.8 Å². The zero-order chi connectivity index (χ0) is 16.1. The summed E-state index contributed by atoms with van der Waals surface area (Å²) in [6.45, 7) is 1.47. The highest BCUT2D eigenvalue weighted by atomic mass is 35.5. The van der Waals surface area contributed by atoms with Crippen LogP contribution in [0.1, 0.15) is 13.3 Å². The van der Waals surface area contributed by atoms with E-state index in [1.807, 2.05) is 0 Å². The molecule has 0 radical (unpaired) electrons. The highest BCUT2D eigenvalue weighted by molar-refractivity contribution is 6.30. The molecule has 0 aliphatic heterocycles. The number of nitrogens with zero attached hydrogens (tertiary/aromatic N) is 4. The number of nitrogens with one attached hydrogen (secondary N) is 1. The topological polar surface area (TPSA) is 110 Å². The SMILES string of the molecule is CCC(NC(=O)Cn1nnc(-c2ccc(Cl)cc2)n1)C(=O)O. The second-order valence-corrected chi connectivity index (χ2v) is 4.95. The van der Waals surface area contributed by atoms with Crippen molar-refractivity contribution < 1.29 is 14.7 Å². The normalized spacial score (nSPS) is 11.9. The second-order valence-electron chi connectivity index (χ2n) is 4.52. The van der Waals surface area contributed by atoms with E-state index in [2.05, 4.69) is 20.7 Å². The molecule has 0 saturated carbocycles. The zero-order valence-corrected chi connectivity index (χ0v) is 12.5. The van der Waals surface area contributed by atoms with Crippen molar-refractivity contribution in [1.29, 1.82) is 0 Å². The molecule has 1 heterocycles. The van der Waals surface area contributed by atoms with Crippen LogP contribution in [0.25, 0.3) is 11.4 Å². The van der Waals surface area contributed by atoms with E-state index in [9.17, 15) is 9.59 Å². The van der Waals surface area contributed by atoms with Crippen molar-refractivity contribution in [3.63, 3.8) is 0 Å². The van der Waals surface area contributed by atoms with Crippen molar-refractivity contribution in [2.75, 3.05) is 0 Å². The smallest absolute Gasteiger partial charge is 0.326 e. The maximum atomic E-state index is 11.8. The van der Waals surface area contributed by atoms with Crippen LogP contribution in [-0.2, 0) is 16.1 Å². The van der Waals surface area contributed by atoms with Crippen LogP contribution in [0.2, 0.25) is 5.02 Å². The molecule has 1 unspecified atom stereocenters. The third-order valence-corrected chi connectivity index (χ3v) is 3.13. The van der Waals surface area contributed by atoms with Crippen molar-refractivity contribution in [2.45, 2.75) is 25.9 Å². The van der Waals surface area contributed by atoms with Crippen molar-refractivity contribution in [3.05, 3.63) is 29.3 Å². The molecule has 22 heavy (non-hydrogen) atoms. The molecule has 0 bridgehead atoms. The first kappa shape index (κ1) is 15.9. The highest BCUT2D eigenvalue weighted by Gasteiger charge is 2.18. The van der Waals surface area contributed by atoms with Gasteiger partial charge in [0.2, 0.25) is 11.7 Å². The predicted molar refractivity (Wildman–Crippen MR) is 78.1 cm³/mol. The molecular formula is C13H14ClN5O3. The molecule has 0 aliphatic carbocycles. The van der Waals surface area contributed by atoms with Gasteiger partial charge in [0.1, 0.15) is 12.6 Å². The van der Waals surface area contributed by atoms with Gasteiger partial charge in [-0.1, -0.05) is 18.5 Å². The van der Waals surface area contributed by atoms with Crippen molar-refractivity contribution in [1.82, 2.24) is 25.5 Å². The first-order valence-electron chi connectivity index (χ1n) is 6.55. The van der Waals surface area contributed by atoms with Crippen LogP contribution in [-0.4, -0.2) is 43.2 Å². The Morgan fingerprint density at radius 1 is 1.36 bits per heavy atom. The molecule has 2 aromatic rings. The number of benzene rings is 1. The predicted octanol–water partition coefficient (Wildman–Crippen LogP) is 0.973. The van der Waals surface area contributed by atoms with E-state index in [-0.39, 0.29) is 6.54 Å². The van der Waals surface area contributed by atoms with E-state index >= 15 is 0 Å². The number of hydrogen-bond donors (Lipinski definition) is 2. The molecule has 0 spiro atoms. The molecule has 0 aliphatic rings. The van der Waals surface area contributed by atoms with Crippen molar-refractivity contribution in [2.24, 2.45) is 0 Å². The summed E-state index contributed by atoms with van der Waals surface area (Å²) < 4.78 is 0. The van der Waals surface area contributed by atoms with Crippen LogP contribution in [0.15, 0.2) is 24.3 Å². The monoisotopic (exact) mass is 323 g/mol. The van der Waals surface area contributed by atoms with E-state index in [1.54, 1.807) is 31.2 Å². The lowest BCUT2D eigenvalue weighted by Gasteiger charge is -2.11. The van der Waals surface area contributed by atoms with Gasteiger partial charge in [-0.3, -0.25) is 4.79 Å². The summed E-state index contributed by atoms with van der Waals surface area (Å²) >= 11 is 5.80. The number of carboxylic acids is 1. The fourth-order valence-corrected chi connectivity index (χ4v) is 1.86. The number of halogens is 1. The van der Waals surface area contributed by atoms with Crippen LogP contribution in [0.4, 0.5) is 0 Å². The van der Waals surface area contributed by atoms with Gasteiger partial charge < -0.3 is 10.4 Å². The number of hydrogen-bond acceptors (Lipinski definition) is 5. The Kier molecular flexibility index (Phi) is 5.05. The molecule has 116 valence electrons. The van der Waals surface area contributed by atoms with E-state index in [4.69, 9.17) is 16.7 Å². The molecule has 1 aromatic heterocycles.